The molecule has 0 radical (unpaired) electrons. The quantitative estimate of drug-likeness (QED) is 0.868. The molecule has 1 N–H and O–H groups in total. The van der Waals surface area contributed by atoms with Crippen LogP contribution < -0.4 is 14.8 Å². The number of methoxy groups -OCH3 is 1. The predicted octanol–water partition coefficient (Wildman–Crippen LogP) is 4.00. The first-order valence-electron chi connectivity index (χ1n) is 6.56. The number of ether oxygens (including phenoxy) is 2. The van der Waals surface area contributed by atoms with Crippen molar-refractivity contribution in [2.45, 2.75) is 13.0 Å². The van der Waals surface area contributed by atoms with Crippen molar-refractivity contribution >= 4 is 27.5 Å². The van der Waals surface area contributed by atoms with Gasteiger partial charge in [0.1, 0.15) is 17.3 Å². The van der Waals surface area contributed by atoms with Gasteiger partial charge in [-0.25, -0.2) is 4.39 Å². The summed E-state index contributed by atoms with van der Waals surface area (Å²) in [6.45, 7) is 1.62. The lowest BCUT2D eigenvalue weighted by Crippen LogP contribution is -2.30. The minimum absolute atomic E-state index is 0.304. The third kappa shape index (κ3) is 4.21. The summed E-state index contributed by atoms with van der Waals surface area (Å²) in [6, 6.07) is 11.0. The lowest BCUT2D eigenvalue weighted by Gasteiger charge is -2.16. The molecule has 2 rings (SSSR count). The van der Waals surface area contributed by atoms with E-state index in [0.29, 0.717) is 21.7 Å². The van der Waals surface area contributed by atoms with E-state index in [2.05, 4.69) is 21.2 Å². The molecule has 1 amide bonds. The molecule has 0 aromatic heterocycles. The van der Waals surface area contributed by atoms with Crippen LogP contribution in [0, 0.1) is 5.82 Å². The van der Waals surface area contributed by atoms with Crippen molar-refractivity contribution in [3.05, 3.63) is 52.8 Å². The van der Waals surface area contributed by atoms with E-state index >= 15 is 0 Å². The van der Waals surface area contributed by atoms with Crippen LogP contribution in [-0.4, -0.2) is 19.1 Å². The van der Waals surface area contributed by atoms with Crippen LogP contribution in [0.4, 0.5) is 10.1 Å². The molecule has 0 bridgehead atoms. The monoisotopic (exact) mass is 367 g/mol. The van der Waals surface area contributed by atoms with Gasteiger partial charge >= 0.3 is 0 Å². The SMILES string of the molecule is COc1ccc(NC(=O)[C@@H](C)Oc2ccc(F)cc2Br)cc1. The molecular weight excluding hydrogens is 353 g/mol. The lowest BCUT2D eigenvalue weighted by molar-refractivity contribution is -0.122. The van der Waals surface area contributed by atoms with Gasteiger partial charge < -0.3 is 14.8 Å². The molecule has 0 fully saturated rings. The summed E-state index contributed by atoms with van der Waals surface area (Å²) in [7, 11) is 1.57. The highest BCUT2D eigenvalue weighted by atomic mass is 79.9. The van der Waals surface area contributed by atoms with Gasteiger partial charge in [0.15, 0.2) is 6.10 Å². The topological polar surface area (TPSA) is 47.6 Å². The largest absolute Gasteiger partial charge is 0.497 e. The maximum absolute atomic E-state index is 13.0. The molecule has 116 valence electrons. The Balaban J connectivity index is 1.99. The average Bonchev–Trinajstić information content (AvgIpc) is 2.50. The van der Waals surface area contributed by atoms with E-state index in [1.807, 2.05) is 0 Å². The summed E-state index contributed by atoms with van der Waals surface area (Å²) in [6.07, 6.45) is -0.733. The number of rotatable bonds is 5. The Morgan fingerprint density at radius 1 is 1.23 bits per heavy atom. The zero-order valence-corrected chi connectivity index (χ0v) is 13.7. The van der Waals surface area contributed by atoms with E-state index < -0.39 is 6.10 Å². The minimum atomic E-state index is -0.733. The number of benzene rings is 2. The maximum Gasteiger partial charge on any atom is 0.265 e. The number of carbonyl (C=O) groups is 1. The van der Waals surface area contributed by atoms with Gasteiger partial charge in [-0.1, -0.05) is 0 Å². The van der Waals surface area contributed by atoms with Crippen LogP contribution in [0.2, 0.25) is 0 Å². The summed E-state index contributed by atoms with van der Waals surface area (Å²) < 4.78 is 24.1. The van der Waals surface area contributed by atoms with Gasteiger partial charge in [0, 0.05) is 5.69 Å². The normalized spacial score (nSPS) is 11.6. The van der Waals surface area contributed by atoms with E-state index in [-0.39, 0.29) is 11.7 Å². The van der Waals surface area contributed by atoms with Crippen molar-refractivity contribution in [2.75, 3.05) is 12.4 Å². The predicted molar refractivity (Wildman–Crippen MR) is 85.8 cm³/mol. The van der Waals surface area contributed by atoms with Crippen LogP contribution in [0.5, 0.6) is 11.5 Å². The van der Waals surface area contributed by atoms with E-state index in [0.717, 1.165) is 0 Å². The Hall–Kier alpha value is -2.08. The second kappa shape index (κ2) is 7.26. The Morgan fingerprint density at radius 3 is 2.50 bits per heavy atom. The summed E-state index contributed by atoms with van der Waals surface area (Å²) in [4.78, 5) is 12.1. The van der Waals surface area contributed by atoms with Crippen LogP contribution in [0.1, 0.15) is 6.92 Å². The summed E-state index contributed by atoms with van der Waals surface area (Å²) in [5, 5.41) is 2.74. The first kappa shape index (κ1) is 16.3. The minimum Gasteiger partial charge on any atom is -0.497 e. The van der Waals surface area contributed by atoms with Crippen molar-refractivity contribution in [3.63, 3.8) is 0 Å². The van der Waals surface area contributed by atoms with Crippen molar-refractivity contribution < 1.29 is 18.7 Å². The molecule has 6 heteroatoms. The van der Waals surface area contributed by atoms with Gasteiger partial charge in [0.05, 0.1) is 11.6 Å². The summed E-state index contributed by atoms with van der Waals surface area (Å²) >= 11 is 3.20. The number of hydrogen-bond acceptors (Lipinski definition) is 3. The van der Waals surface area contributed by atoms with Gasteiger partial charge in [-0.05, 0) is 65.3 Å². The molecule has 4 nitrogen and oxygen atoms in total. The van der Waals surface area contributed by atoms with Crippen LogP contribution >= 0.6 is 15.9 Å². The van der Waals surface area contributed by atoms with Crippen molar-refractivity contribution in [2.24, 2.45) is 0 Å². The summed E-state index contributed by atoms with van der Waals surface area (Å²) in [5.74, 6) is 0.423. The molecule has 22 heavy (non-hydrogen) atoms. The van der Waals surface area contributed by atoms with Crippen molar-refractivity contribution in [3.8, 4) is 11.5 Å². The Kier molecular flexibility index (Phi) is 5.38. The highest BCUT2D eigenvalue weighted by Crippen LogP contribution is 2.26. The number of hydrogen-bond donors (Lipinski definition) is 1. The fourth-order valence-electron chi connectivity index (χ4n) is 1.73. The number of amides is 1. The molecule has 0 heterocycles. The van der Waals surface area contributed by atoms with E-state index in [9.17, 15) is 9.18 Å². The van der Waals surface area contributed by atoms with Crippen molar-refractivity contribution in [1.29, 1.82) is 0 Å². The Morgan fingerprint density at radius 2 is 1.91 bits per heavy atom. The van der Waals surface area contributed by atoms with Gasteiger partial charge in [-0.15, -0.1) is 0 Å². The molecule has 0 aliphatic rings. The maximum atomic E-state index is 13.0. The van der Waals surface area contributed by atoms with Gasteiger partial charge in [-0.2, -0.15) is 0 Å². The van der Waals surface area contributed by atoms with E-state index in [1.54, 1.807) is 38.3 Å². The Labute approximate surface area is 136 Å². The van der Waals surface area contributed by atoms with E-state index in [1.165, 1.54) is 18.2 Å². The van der Waals surface area contributed by atoms with Gasteiger partial charge in [0.2, 0.25) is 0 Å². The third-order valence-corrected chi connectivity index (χ3v) is 3.54. The second-order valence-electron chi connectivity index (χ2n) is 4.55. The highest BCUT2D eigenvalue weighted by molar-refractivity contribution is 9.10. The van der Waals surface area contributed by atoms with Crippen LogP contribution in [0.25, 0.3) is 0 Å². The first-order chi connectivity index (χ1) is 10.5. The number of anilines is 1. The standard InChI is InChI=1S/C16H15BrFNO3/c1-10(22-15-8-3-11(18)9-14(15)17)16(20)19-12-4-6-13(21-2)7-5-12/h3-10H,1-2H3,(H,19,20)/t10-/m1/s1. The Bertz CT molecular complexity index is 661. The third-order valence-electron chi connectivity index (χ3n) is 2.92. The summed E-state index contributed by atoms with van der Waals surface area (Å²) in [5.41, 5.74) is 0.638. The molecule has 0 saturated heterocycles. The molecule has 0 spiro atoms. The fraction of sp³-hybridized carbons (Fsp3) is 0.188. The average molecular weight is 368 g/mol. The lowest BCUT2D eigenvalue weighted by atomic mass is 10.2. The molecule has 2 aromatic rings. The molecular formula is C16H15BrFNO3. The van der Waals surface area contributed by atoms with Crippen LogP contribution in [0.15, 0.2) is 46.9 Å². The number of nitrogens with one attached hydrogen (secondary N) is 1. The zero-order valence-electron chi connectivity index (χ0n) is 12.1. The number of halogens is 2. The molecule has 2 aromatic carbocycles. The van der Waals surface area contributed by atoms with Crippen LogP contribution in [0.3, 0.4) is 0 Å². The van der Waals surface area contributed by atoms with Crippen molar-refractivity contribution in [1.82, 2.24) is 0 Å². The fourth-order valence-corrected chi connectivity index (χ4v) is 2.18. The molecule has 0 saturated carbocycles. The molecule has 0 aliphatic carbocycles. The first-order valence-corrected chi connectivity index (χ1v) is 7.35. The van der Waals surface area contributed by atoms with Gasteiger partial charge in [0.25, 0.3) is 5.91 Å². The smallest absolute Gasteiger partial charge is 0.265 e. The van der Waals surface area contributed by atoms with E-state index in [4.69, 9.17) is 9.47 Å². The second-order valence-corrected chi connectivity index (χ2v) is 5.41. The van der Waals surface area contributed by atoms with Gasteiger partial charge in [-0.3, -0.25) is 4.79 Å². The zero-order chi connectivity index (χ0) is 16.1. The molecule has 0 aliphatic heterocycles. The molecule has 0 unspecified atom stereocenters. The highest BCUT2D eigenvalue weighted by Gasteiger charge is 2.16. The van der Waals surface area contributed by atoms with Crippen LogP contribution in [-0.2, 0) is 4.79 Å². The molecule has 1 atom stereocenters. The number of carbonyl (C=O) groups excluding carboxylic acids is 1.